The molecule has 1 aromatic carbocycles. The first kappa shape index (κ1) is 10.3. The van der Waals surface area contributed by atoms with Gasteiger partial charge in [-0.05, 0) is 24.6 Å². The van der Waals surface area contributed by atoms with Crippen LogP contribution in [0.1, 0.15) is 18.6 Å². The smallest absolute Gasteiger partial charge is 0.134 e. The summed E-state index contributed by atoms with van der Waals surface area (Å²) in [5, 5.41) is 19.0. The van der Waals surface area contributed by atoms with Crippen LogP contribution >= 0.6 is 11.6 Å². The van der Waals surface area contributed by atoms with E-state index in [4.69, 9.17) is 17.3 Å². The molecule has 0 fully saturated rings. The second kappa shape index (κ2) is 3.96. The van der Waals surface area contributed by atoms with Crippen LogP contribution in [0.15, 0.2) is 18.2 Å². The van der Waals surface area contributed by atoms with E-state index in [1.807, 2.05) is 0 Å². The van der Waals surface area contributed by atoms with Gasteiger partial charge in [-0.3, -0.25) is 0 Å². The predicted molar refractivity (Wildman–Crippen MR) is 51.7 cm³/mol. The number of aromatic hydroxyl groups is 1. The summed E-state index contributed by atoms with van der Waals surface area (Å²) in [6, 6.07) is 4.20. The van der Waals surface area contributed by atoms with Crippen molar-refractivity contribution in [3.8, 4) is 5.75 Å². The Morgan fingerprint density at radius 3 is 2.54 bits per heavy atom. The maximum atomic E-state index is 9.53. The highest BCUT2D eigenvalue weighted by atomic mass is 35.5. The van der Waals surface area contributed by atoms with Crippen LogP contribution in [0, 0.1) is 0 Å². The summed E-state index contributed by atoms with van der Waals surface area (Å²) in [6.45, 7) is 1.69. The third-order valence-electron chi connectivity index (χ3n) is 1.81. The average molecular weight is 202 g/mol. The van der Waals surface area contributed by atoms with Crippen LogP contribution < -0.4 is 5.73 Å². The van der Waals surface area contributed by atoms with Gasteiger partial charge < -0.3 is 15.9 Å². The van der Waals surface area contributed by atoms with E-state index in [1.165, 1.54) is 12.1 Å². The third kappa shape index (κ3) is 2.34. The van der Waals surface area contributed by atoms with Crippen molar-refractivity contribution in [2.24, 2.45) is 5.73 Å². The van der Waals surface area contributed by atoms with Crippen molar-refractivity contribution >= 4 is 11.6 Å². The number of phenols is 1. The minimum atomic E-state index is -0.775. The lowest BCUT2D eigenvalue weighted by molar-refractivity contribution is 0.153. The highest BCUT2D eigenvalue weighted by molar-refractivity contribution is 6.32. The number of benzene rings is 1. The molecule has 0 saturated carbocycles. The maximum absolute atomic E-state index is 9.53. The molecule has 0 radical (unpaired) electrons. The number of halogens is 1. The predicted octanol–water partition coefficient (Wildman–Crippen LogP) is 1.43. The van der Waals surface area contributed by atoms with Crippen molar-refractivity contribution in [3.05, 3.63) is 28.8 Å². The third-order valence-corrected chi connectivity index (χ3v) is 2.13. The van der Waals surface area contributed by atoms with Crippen molar-refractivity contribution in [1.29, 1.82) is 0 Å². The molecule has 0 aliphatic rings. The summed E-state index contributed by atoms with van der Waals surface area (Å²) >= 11 is 5.60. The van der Waals surface area contributed by atoms with Crippen molar-refractivity contribution in [2.45, 2.75) is 19.1 Å². The van der Waals surface area contributed by atoms with E-state index in [-0.39, 0.29) is 16.8 Å². The minimum Gasteiger partial charge on any atom is -0.506 e. The van der Waals surface area contributed by atoms with Gasteiger partial charge in [0.1, 0.15) is 5.75 Å². The van der Waals surface area contributed by atoms with Crippen LogP contribution in [0.25, 0.3) is 0 Å². The highest BCUT2D eigenvalue weighted by Gasteiger charge is 2.13. The van der Waals surface area contributed by atoms with Gasteiger partial charge in [0.2, 0.25) is 0 Å². The van der Waals surface area contributed by atoms with E-state index in [9.17, 15) is 10.2 Å². The lowest BCUT2D eigenvalue weighted by Gasteiger charge is -2.14. The summed E-state index contributed by atoms with van der Waals surface area (Å²) in [7, 11) is 0. The van der Waals surface area contributed by atoms with Crippen LogP contribution in [0.3, 0.4) is 0 Å². The molecule has 4 heteroatoms. The van der Waals surface area contributed by atoms with Crippen molar-refractivity contribution in [1.82, 2.24) is 0 Å². The molecule has 1 rings (SSSR count). The lowest BCUT2D eigenvalue weighted by Crippen LogP contribution is -2.24. The van der Waals surface area contributed by atoms with Gasteiger partial charge in [-0.25, -0.2) is 0 Å². The molecule has 0 amide bonds. The Morgan fingerprint density at radius 1 is 1.46 bits per heavy atom. The van der Waals surface area contributed by atoms with Gasteiger partial charge in [-0.15, -0.1) is 0 Å². The monoisotopic (exact) mass is 201 g/mol. The van der Waals surface area contributed by atoms with E-state index in [1.54, 1.807) is 13.0 Å². The highest BCUT2D eigenvalue weighted by Crippen LogP contribution is 2.27. The summed E-state index contributed by atoms with van der Waals surface area (Å²) in [4.78, 5) is 0. The van der Waals surface area contributed by atoms with Crippen molar-refractivity contribution in [2.75, 3.05) is 0 Å². The topological polar surface area (TPSA) is 66.5 Å². The van der Waals surface area contributed by atoms with Crippen LogP contribution in [0.5, 0.6) is 5.75 Å². The molecule has 0 heterocycles. The number of aliphatic hydroxyl groups is 1. The number of rotatable bonds is 2. The van der Waals surface area contributed by atoms with E-state index in [2.05, 4.69) is 0 Å². The summed E-state index contributed by atoms with van der Waals surface area (Å²) < 4.78 is 0. The zero-order valence-corrected chi connectivity index (χ0v) is 7.99. The molecule has 2 atom stereocenters. The Bertz CT molecular complexity index is 302. The van der Waals surface area contributed by atoms with Gasteiger partial charge in [0.05, 0.1) is 11.1 Å². The van der Waals surface area contributed by atoms with Gasteiger partial charge in [-0.1, -0.05) is 17.7 Å². The van der Waals surface area contributed by atoms with E-state index < -0.39 is 6.10 Å². The lowest BCUT2D eigenvalue weighted by atomic mass is 10.0. The van der Waals surface area contributed by atoms with Crippen LogP contribution in [0.2, 0.25) is 5.02 Å². The maximum Gasteiger partial charge on any atom is 0.134 e. The van der Waals surface area contributed by atoms with Crippen molar-refractivity contribution < 1.29 is 10.2 Å². The normalized spacial score (nSPS) is 15.4. The van der Waals surface area contributed by atoms with Crippen LogP contribution in [0.4, 0.5) is 0 Å². The molecule has 3 nitrogen and oxygen atoms in total. The number of aliphatic hydroxyl groups excluding tert-OH is 1. The van der Waals surface area contributed by atoms with E-state index >= 15 is 0 Å². The molecular formula is C9H12ClNO2. The molecule has 4 N–H and O–H groups in total. The second-order valence-electron chi connectivity index (χ2n) is 3.01. The van der Waals surface area contributed by atoms with Gasteiger partial charge in [0.15, 0.2) is 0 Å². The molecule has 0 spiro atoms. The fourth-order valence-electron chi connectivity index (χ4n) is 1.02. The minimum absolute atomic E-state index is 0.0427. The number of hydrogen-bond donors (Lipinski definition) is 3. The molecule has 0 bridgehead atoms. The Morgan fingerprint density at radius 2 is 2.08 bits per heavy atom. The van der Waals surface area contributed by atoms with Gasteiger partial charge >= 0.3 is 0 Å². The first-order valence-electron chi connectivity index (χ1n) is 3.94. The molecule has 1 aromatic rings. The summed E-state index contributed by atoms with van der Waals surface area (Å²) in [6.07, 6.45) is -0.775. The van der Waals surface area contributed by atoms with Crippen molar-refractivity contribution in [3.63, 3.8) is 0 Å². The SMILES string of the molecule is C[C@@H](N)[C@H](O)c1ccc(Cl)c(O)c1. The van der Waals surface area contributed by atoms with Gasteiger partial charge in [0, 0.05) is 6.04 Å². The fourth-order valence-corrected chi connectivity index (χ4v) is 1.13. The standard InChI is InChI=1S/C9H12ClNO2/c1-5(11)9(13)6-2-3-7(10)8(12)4-6/h2-5,9,12-13H,11H2,1H3/t5-,9+/m1/s1. The Kier molecular flexibility index (Phi) is 3.14. The molecular weight excluding hydrogens is 190 g/mol. The Hall–Kier alpha value is -0.770. The van der Waals surface area contributed by atoms with E-state index in [0.29, 0.717) is 5.56 Å². The molecule has 0 aliphatic heterocycles. The molecule has 0 unspecified atom stereocenters. The van der Waals surface area contributed by atoms with Crippen LogP contribution in [-0.2, 0) is 0 Å². The molecule has 72 valence electrons. The summed E-state index contributed by atoms with van der Waals surface area (Å²) in [5.74, 6) is -0.0427. The fraction of sp³-hybridized carbons (Fsp3) is 0.333. The largest absolute Gasteiger partial charge is 0.506 e. The zero-order chi connectivity index (χ0) is 10.0. The number of phenolic OH excluding ortho intramolecular Hbond substituents is 1. The molecule has 0 aliphatic carbocycles. The molecule has 13 heavy (non-hydrogen) atoms. The zero-order valence-electron chi connectivity index (χ0n) is 7.24. The number of nitrogens with two attached hydrogens (primary N) is 1. The second-order valence-corrected chi connectivity index (χ2v) is 3.42. The van der Waals surface area contributed by atoms with Gasteiger partial charge in [-0.2, -0.15) is 0 Å². The quantitative estimate of drug-likeness (QED) is 0.678. The first-order valence-corrected chi connectivity index (χ1v) is 4.32. The van der Waals surface area contributed by atoms with Gasteiger partial charge in [0.25, 0.3) is 0 Å². The van der Waals surface area contributed by atoms with Crippen LogP contribution in [-0.4, -0.2) is 16.3 Å². The first-order chi connectivity index (χ1) is 6.02. The Labute approximate surface area is 81.8 Å². The molecule has 0 aromatic heterocycles. The average Bonchev–Trinajstić information content (AvgIpc) is 2.08. The molecule has 0 saturated heterocycles. The van der Waals surface area contributed by atoms with E-state index in [0.717, 1.165) is 0 Å². The summed E-state index contributed by atoms with van der Waals surface area (Å²) in [5.41, 5.74) is 6.06. The number of hydrogen-bond acceptors (Lipinski definition) is 3. The Balaban J connectivity index is 2.97.